The van der Waals surface area contributed by atoms with E-state index in [1.165, 1.54) is 11.0 Å². The molecule has 0 unspecified atom stereocenters. The minimum atomic E-state index is -0.213. The quantitative estimate of drug-likeness (QED) is 0.562. The number of benzene rings is 2. The molecule has 7 heteroatoms. The van der Waals surface area contributed by atoms with Crippen molar-refractivity contribution in [3.63, 3.8) is 0 Å². The standard InChI is InChI=1S/C26H27FN4O2/c1-18-23-24(19(2)31(18)20-8-4-3-5-9-20)26(33)30(25(23)32)17-14-28-12-15-29(16-13-28)22-11-7-6-10-21(22)27/h3-11H,12-17H2,1-2H3. The van der Waals surface area contributed by atoms with Gasteiger partial charge in [-0.1, -0.05) is 30.3 Å². The molecule has 0 bridgehead atoms. The highest BCUT2D eigenvalue weighted by Crippen LogP contribution is 2.33. The van der Waals surface area contributed by atoms with Crippen LogP contribution < -0.4 is 4.90 Å². The normalized spacial score (nSPS) is 16.6. The second kappa shape index (κ2) is 8.48. The number of hydrogen-bond donors (Lipinski definition) is 0. The van der Waals surface area contributed by atoms with Crippen LogP contribution in [-0.4, -0.2) is 65.4 Å². The summed E-state index contributed by atoms with van der Waals surface area (Å²) in [5.74, 6) is -0.631. The number of fused-ring (bicyclic) bond motifs is 1. The average molecular weight is 447 g/mol. The lowest BCUT2D eigenvalue weighted by molar-refractivity contribution is 0.0633. The van der Waals surface area contributed by atoms with Crippen molar-refractivity contribution in [2.24, 2.45) is 0 Å². The summed E-state index contributed by atoms with van der Waals surface area (Å²) in [5, 5.41) is 0. The highest BCUT2D eigenvalue weighted by Gasteiger charge is 2.41. The van der Waals surface area contributed by atoms with Crippen LogP contribution in [0.1, 0.15) is 32.1 Å². The van der Waals surface area contributed by atoms with Gasteiger partial charge in [-0.25, -0.2) is 4.39 Å². The largest absolute Gasteiger partial charge is 0.367 e. The first-order valence-corrected chi connectivity index (χ1v) is 11.3. The molecule has 170 valence electrons. The molecule has 2 aromatic carbocycles. The second-order valence-electron chi connectivity index (χ2n) is 8.63. The Bertz CT molecular complexity index is 1170. The van der Waals surface area contributed by atoms with Gasteiger partial charge in [0.25, 0.3) is 11.8 Å². The lowest BCUT2D eigenvalue weighted by Gasteiger charge is -2.36. The summed E-state index contributed by atoms with van der Waals surface area (Å²) in [6.07, 6.45) is 0. The summed E-state index contributed by atoms with van der Waals surface area (Å²) in [4.78, 5) is 32.0. The Morgan fingerprint density at radius 3 is 1.94 bits per heavy atom. The number of amides is 2. The van der Waals surface area contributed by atoms with Crippen molar-refractivity contribution in [1.29, 1.82) is 0 Å². The number of nitrogens with zero attached hydrogens (tertiary/aromatic N) is 4. The van der Waals surface area contributed by atoms with E-state index in [1.807, 2.05) is 59.7 Å². The highest BCUT2D eigenvalue weighted by molar-refractivity contribution is 6.22. The van der Waals surface area contributed by atoms with E-state index in [9.17, 15) is 14.0 Å². The highest BCUT2D eigenvalue weighted by atomic mass is 19.1. The molecular weight excluding hydrogens is 419 g/mol. The molecule has 1 aromatic heterocycles. The Hall–Kier alpha value is -3.45. The maximum Gasteiger partial charge on any atom is 0.263 e. The zero-order valence-corrected chi connectivity index (χ0v) is 18.9. The smallest absolute Gasteiger partial charge is 0.263 e. The van der Waals surface area contributed by atoms with Crippen LogP contribution in [0, 0.1) is 19.7 Å². The first-order valence-electron chi connectivity index (χ1n) is 11.3. The molecule has 2 aliphatic rings. The number of rotatable bonds is 5. The van der Waals surface area contributed by atoms with E-state index in [0.29, 0.717) is 43.0 Å². The van der Waals surface area contributed by atoms with Crippen molar-refractivity contribution in [1.82, 2.24) is 14.4 Å². The number of halogens is 1. The molecule has 5 rings (SSSR count). The molecule has 0 radical (unpaired) electrons. The Kier molecular flexibility index (Phi) is 5.50. The average Bonchev–Trinajstić information content (AvgIpc) is 3.24. The van der Waals surface area contributed by atoms with E-state index in [1.54, 1.807) is 12.1 Å². The van der Waals surface area contributed by atoms with Gasteiger partial charge in [0.05, 0.1) is 16.8 Å². The number of anilines is 1. The van der Waals surface area contributed by atoms with Gasteiger partial charge in [0.15, 0.2) is 0 Å². The Labute approximate surface area is 192 Å². The van der Waals surface area contributed by atoms with E-state index in [2.05, 4.69) is 4.90 Å². The van der Waals surface area contributed by atoms with Crippen LogP contribution in [0.4, 0.5) is 10.1 Å². The van der Waals surface area contributed by atoms with Crippen molar-refractivity contribution in [3.05, 3.63) is 82.9 Å². The van der Waals surface area contributed by atoms with E-state index >= 15 is 0 Å². The predicted molar refractivity (Wildman–Crippen MR) is 126 cm³/mol. The Morgan fingerprint density at radius 1 is 0.758 bits per heavy atom. The minimum Gasteiger partial charge on any atom is -0.367 e. The van der Waals surface area contributed by atoms with E-state index in [4.69, 9.17) is 0 Å². The molecule has 0 atom stereocenters. The first-order chi connectivity index (χ1) is 16.0. The summed E-state index contributed by atoms with van der Waals surface area (Å²) >= 11 is 0. The molecule has 3 aromatic rings. The lowest BCUT2D eigenvalue weighted by Crippen LogP contribution is -2.49. The van der Waals surface area contributed by atoms with Crippen molar-refractivity contribution in [3.8, 4) is 5.69 Å². The van der Waals surface area contributed by atoms with Crippen LogP contribution in [-0.2, 0) is 0 Å². The van der Waals surface area contributed by atoms with Gasteiger partial charge in [-0.05, 0) is 38.1 Å². The molecule has 3 heterocycles. The van der Waals surface area contributed by atoms with Gasteiger partial charge in [-0.2, -0.15) is 0 Å². The lowest BCUT2D eigenvalue weighted by atomic mass is 10.1. The molecule has 0 saturated carbocycles. The number of imide groups is 1. The van der Waals surface area contributed by atoms with Crippen molar-refractivity contribution >= 4 is 17.5 Å². The molecule has 2 aliphatic heterocycles. The van der Waals surface area contributed by atoms with Gasteiger partial charge >= 0.3 is 0 Å². The molecule has 0 aliphatic carbocycles. The van der Waals surface area contributed by atoms with Crippen LogP contribution in [0.15, 0.2) is 54.6 Å². The van der Waals surface area contributed by atoms with E-state index < -0.39 is 0 Å². The third-order valence-electron chi connectivity index (χ3n) is 6.78. The third kappa shape index (κ3) is 3.62. The first kappa shape index (κ1) is 21.4. The topological polar surface area (TPSA) is 48.8 Å². The maximum absolute atomic E-state index is 14.1. The van der Waals surface area contributed by atoms with E-state index in [-0.39, 0.29) is 17.6 Å². The van der Waals surface area contributed by atoms with Gasteiger partial charge in [-0.3, -0.25) is 19.4 Å². The van der Waals surface area contributed by atoms with Crippen LogP contribution >= 0.6 is 0 Å². The molecule has 1 fully saturated rings. The third-order valence-corrected chi connectivity index (χ3v) is 6.78. The summed E-state index contributed by atoms with van der Waals surface area (Å²) < 4.78 is 16.1. The van der Waals surface area contributed by atoms with Crippen LogP contribution in [0.25, 0.3) is 5.69 Å². The van der Waals surface area contributed by atoms with Gasteiger partial charge in [0.2, 0.25) is 0 Å². The monoisotopic (exact) mass is 446 g/mol. The van der Waals surface area contributed by atoms with Gasteiger partial charge in [0, 0.05) is 56.3 Å². The summed E-state index contributed by atoms with van der Waals surface area (Å²) in [5.41, 5.74) is 4.21. The van der Waals surface area contributed by atoms with Crippen molar-refractivity contribution in [2.75, 3.05) is 44.2 Å². The molecule has 33 heavy (non-hydrogen) atoms. The molecule has 6 nitrogen and oxygen atoms in total. The number of piperazine rings is 1. The molecule has 0 spiro atoms. The van der Waals surface area contributed by atoms with Crippen molar-refractivity contribution in [2.45, 2.75) is 13.8 Å². The fourth-order valence-corrected chi connectivity index (χ4v) is 5.05. The van der Waals surface area contributed by atoms with Crippen LogP contribution in [0.5, 0.6) is 0 Å². The maximum atomic E-state index is 14.1. The van der Waals surface area contributed by atoms with Gasteiger partial charge in [-0.15, -0.1) is 0 Å². The fourth-order valence-electron chi connectivity index (χ4n) is 5.05. The fraction of sp³-hybridized carbons (Fsp3) is 0.308. The summed E-state index contributed by atoms with van der Waals surface area (Å²) in [6.45, 7) is 7.71. The molecule has 1 saturated heterocycles. The number of carbonyl (C=O) groups is 2. The zero-order valence-electron chi connectivity index (χ0n) is 18.9. The number of carbonyl (C=O) groups excluding carboxylic acids is 2. The number of aromatic nitrogens is 1. The molecule has 0 N–H and O–H groups in total. The summed E-state index contributed by atoms with van der Waals surface area (Å²) in [7, 11) is 0. The van der Waals surface area contributed by atoms with Gasteiger partial charge in [0.1, 0.15) is 5.82 Å². The predicted octanol–water partition coefficient (Wildman–Crippen LogP) is 3.65. The van der Waals surface area contributed by atoms with Crippen molar-refractivity contribution < 1.29 is 14.0 Å². The zero-order chi connectivity index (χ0) is 23.1. The molecular formula is C26H27FN4O2. The van der Waals surface area contributed by atoms with Gasteiger partial charge < -0.3 is 9.47 Å². The Morgan fingerprint density at radius 2 is 1.33 bits per heavy atom. The Balaban J connectivity index is 1.25. The van der Waals surface area contributed by atoms with Crippen LogP contribution in [0.2, 0.25) is 0 Å². The van der Waals surface area contributed by atoms with E-state index in [0.717, 1.165) is 30.2 Å². The second-order valence-corrected chi connectivity index (χ2v) is 8.63. The van der Waals surface area contributed by atoms with Crippen LogP contribution in [0.3, 0.4) is 0 Å². The molecule has 2 amide bonds. The SMILES string of the molecule is Cc1c2c(c(C)n1-c1ccccc1)C(=O)N(CCN1CCN(c3ccccc3F)CC1)C2=O. The summed E-state index contributed by atoms with van der Waals surface area (Å²) in [6, 6.07) is 16.6. The number of hydrogen-bond acceptors (Lipinski definition) is 4. The minimum absolute atomic E-state index is 0.206. The number of para-hydroxylation sites is 2.